The number of nitrogens with zero attached hydrogens (tertiary/aromatic N) is 1. The van der Waals surface area contributed by atoms with Gasteiger partial charge in [0.2, 0.25) is 0 Å². The van der Waals surface area contributed by atoms with Crippen LogP contribution in [0.1, 0.15) is 18.1 Å². The molecule has 1 saturated heterocycles. The van der Waals surface area contributed by atoms with Gasteiger partial charge in [-0.3, -0.25) is 9.69 Å². The molecule has 0 radical (unpaired) electrons. The van der Waals surface area contributed by atoms with Crippen LogP contribution in [0.5, 0.6) is 0 Å². The van der Waals surface area contributed by atoms with E-state index in [0.29, 0.717) is 13.2 Å². The number of morpholine rings is 1. The molecule has 1 N–H and O–H groups in total. The van der Waals surface area contributed by atoms with Gasteiger partial charge in [0.1, 0.15) is 0 Å². The molecule has 0 amide bonds. The highest BCUT2D eigenvalue weighted by Gasteiger charge is 2.10. The summed E-state index contributed by atoms with van der Waals surface area (Å²) in [5.41, 5.74) is 2.48. The van der Waals surface area contributed by atoms with E-state index in [1.54, 1.807) is 0 Å². The lowest BCUT2D eigenvalue weighted by Crippen LogP contribution is -2.35. The van der Waals surface area contributed by atoms with Crippen molar-refractivity contribution < 1.29 is 14.3 Å². The van der Waals surface area contributed by atoms with E-state index in [9.17, 15) is 4.79 Å². The highest BCUT2D eigenvalue weighted by atomic mass is 16.5. The highest BCUT2D eigenvalue weighted by molar-refractivity contribution is 5.71. The molecule has 116 valence electrons. The summed E-state index contributed by atoms with van der Waals surface area (Å²) < 4.78 is 10.2. The second kappa shape index (κ2) is 8.77. The Labute approximate surface area is 126 Å². The van der Waals surface area contributed by atoms with E-state index in [1.165, 1.54) is 11.1 Å². The Balaban J connectivity index is 1.72. The van der Waals surface area contributed by atoms with E-state index < -0.39 is 0 Å². The standard InChI is InChI=1S/C16H24N2O3/c1-2-21-16(19)12-17-11-14-3-5-15(6-4-14)13-18-7-9-20-10-8-18/h3-6,17H,2,7-13H2,1H3. The van der Waals surface area contributed by atoms with Crippen molar-refractivity contribution in [1.82, 2.24) is 10.2 Å². The smallest absolute Gasteiger partial charge is 0.319 e. The van der Waals surface area contributed by atoms with Gasteiger partial charge in [0.05, 0.1) is 26.4 Å². The first-order valence-corrected chi connectivity index (χ1v) is 7.52. The molecule has 0 saturated carbocycles. The van der Waals surface area contributed by atoms with Crippen molar-refractivity contribution in [2.45, 2.75) is 20.0 Å². The SMILES string of the molecule is CCOC(=O)CNCc1ccc(CN2CCOCC2)cc1. The van der Waals surface area contributed by atoms with Gasteiger partial charge in [-0.05, 0) is 18.1 Å². The molecule has 0 unspecified atom stereocenters. The van der Waals surface area contributed by atoms with Crippen molar-refractivity contribution in [2.75, 3.05) is 39.5 Å². The fraction of sp³-hybridized carbons (Fsp3) is 0.562. The average Bonchev–Trinajstić information content (AvgIpc) is 2.50. The van der Waals surface area contributed by atoms with Gasteiger partial charge in [-0.25, -0.2) is 0 Å². The number of esters is 1. The van der Waals surface area contributed by atoms with E-state index >= 15 is 0 Å². The summed E-state index contributed by atoms with van der Waals surface area (Å²) in [7, 11) is 0. The minimum atomic E-state index is -0.207. The molecule has 0 aromatic heterocycles. The fourth-order valence-electron chi connectivity index (χ4n) is 2.30. The number of benzene rings is 1. The van der Waals surface area contributed by atoms with Gasteiger partial charge >= 0.3 is 5.97 Å². The van der Waals surface area contributed by atoms with Gasteiger partial charge < -0.3 is 14.8 Å². The first-order valence-electron chi connectivity index (χ1n) is 7.52. The van der Waals surface area contributed by atoms with Gasteiger partial charge in [-0.15, -0.1) is 0 Å². The fourth-order valence-corrected chi connectivity index (χ4v) is 2.30. The molecule has 0 aliphatic carbocycles. The van der Waals surface area contributed by atoms with Gasteiger partial charge in [0.25, 0.3) is 0 Å². The van der Waals surface area contributed by atoms with Crippen LogP contribution in [0, 0.1) is 0 Å². The Morgan fingerprint density at radius 3 is 2.57 bits per heavy atom. The molecule has 0 atom stereocenters. The summed E-state index contributed by atoms with van der Waals surface area (Å²) in [6.45, 7) is 7.80. The lowest BCUT2D eigenvalue weighted by Gasteiger charge is -2.26. The summed E-state index contributed by atoms with van der Waals surface area (Å²) in [6, 6.07) is 8.51. The monoisotopic (exact) mass is 292 g/mol. The molecule has 5 heteroatoms. The minimum Gasteiger partial charge on any atom is -0.465 e. The Kier molecular flexibility index (Phi) is 6.66. The molecule has 1 heterocycles. The second-order valence-corrected chi connectivity index (χ2v) is 5.11. The van der Waals surface area contributed by atoms with Crippen molar-refractivity contribution in [3.05, 3.63) is 35.4 Å². The van der Waals surface area contributed by atoms with Crippen LogP contribution in [0.25, 0.3) is 0 Å². The third kappa shape index (κ3) is 5.83. The number of rotatable bonds is 7. The molecule has 21 heavy (non-hydrogen) atoms. The summed E-state index contributed by atoms with van der Waals surface area (Å²) in [4.78, 5) is 13.6. The van der Waals surface area contributed by atoms with Gasteiger partial charge in [0, 0.05) is 26.2 Å². The van der Waals surface area contributed by atoms with Crippen molar-refractivity contribution >= 4 is 5.97 Å². The molecule has 0 spiro atoms. The molecule has 1 aromatic rings. The van der Waals surface area contributed by atoms with Crippen molar-refractivity contribution in [2.24, 2.45) is 0 Å². The predicted molar refractivity (Wildman–Crippen MR) is 80.9 cm³/mol. The maximum atomic E-state index is 11.2. The van der Waals surface area contributed by atoms with Gasteiger partial charge in [0.15, 0.2) is 0 Å². The van der Waals surface area contributed by atoms with Gasteiger partial charge in [-0.1, -0.05) is 24.3 Å². The molecule has 1 aliphatic heterocycles. The summed E-state index contributed by atoms with van der Waals surface area (Å²) in [5.74, 6) is -0.207. The van der Waals surface area contributed by atoms with E-state index in [-0.39, 0.29) is 12.5 Å². The first kappa shape index (κ1) is 15.9. The zero-order valence-electron chi connectivity index (χ0n) is 12.6. The topological polar surface area (TPSA) is 50.8 Å². The Hall–Kier alpha value is -1.43. The maximum Gasteiger partial charge on any atom is 0.319 e. The Bertz CT molecular complexity index is 428. The summed E-state index contributed by atoms with van der Waals surface area (Å²) >= 11 is 0. The maximum absolute atomic E-state index is 11.2. The normalized spacial score (nSPS) is 15.9. The second-order valence-electron chi connectivity index (χ2n) is 5.11. The van der Waals surface area contributed by atoms with Crippen LogP contribution in [0.15, 0.2) is 24.3 Å². The number of ether oxygens (including phenoxy) is 2. The van der Waals surface area contributed by atoms with E-state index in [4.69, 9.17) is 9.47 Å². The zero-order valence-corrected chi connectivity index (χ0v) is 12.6. The quantitative estimate of drug-likeness (QED) is 0.765. The van der Waals surface area contributed by atoms with Crippen LogP contribution < -0.4 is 5.32 Å². The molecule has 0 bridgehead atoms. The van der Waals surface area contributed by atoms with Crippen molar-refractivity contribution in [3.8, 4) is 0 Å². The number of carbonyl (C=O) groups is 1. The minimum absolute atomic E-state index is 0.207. The molecule has 5 nitrogen and oxygen atoms in total. The van der Waals surface area contributed by atoms with Crippen LogP contribution in [-0.2, 0) is 27.4 Å². The Morgan fingerprint density at radius 1 is 1.24 bits per heavy atom. The zero-order chi connectivity index (χ0) is 14.9. The van der Waals surface area contributed by atoms with Crippen molar-refractivity contribution in [1.29, 1.82) is 0 Å². The largest absolute Gasteiger partial charge is 0.465 e. The summed E-state index contributed by atoms with van der Waals surface area (Å²) in [6.07, 6.45) is 0. The van der Waals surface area contributed by atoms with Crippen LogP contribution in [0.2, 0.25) is 0 Å². The Morgan fingerprint density at radius 2 is 1.90 bits per heavy atom. The molecule has 1 aliphatic rings. The van der Waals surface area contributed by atoms with Crippen LogP contribution in [-0.4, -0.2) is 50.3 Å². The highest BCUT2D eigenvalue weighted by Crippen LogP contribution is 2.09. The number of hydrogen-bond acceptors (Lipinski definition) is 5. The number of hydrogen-bond donors (Lipinski definition) is 1. The summed E-state index contributed by atoms with van der Waals surface area (Å²) in [5, 5.41) is 3.09. The number of carbonyl (C=O) groups excluding carboxylic acids is 1. The van der Waals surface area contributed by atoms with Gasteiger partial charge in [-0.2, -0.15) is 0 Å². The number of nitrogens with one attached hydrogen (secondary N) is 1. The molecular formula is C16H24N2O3. The van der Waals surface area contributed by atoms with Crippen LogP contribution in [0.3, 0.4) is 0 Å². The van der Waals surface area contributed by atoms with E-state index in [0.717, 1.165) is 32.8 Å². The lowest BCUT2D eigenvalue weighted by atomic mass is 10.1. The van der Waals surface area contributed by atoms with Crippen LogP contribution >= 0.6 is 0 Å². The lowest BCUT2D eigenvalue weighted by molar-refractivity contribution is -0.142. The molecule has 2 rings (SSSR count). The average molecular weight is 292 g/mol. The molecule has 1 aromatic carbocycles. The van der Waals surface area contributed by atoms with Crippen LogP contribution in [0.4, 0.5) is 0 Å². The molecular weight excluding hydrogens is 268 g/mol. The van der Waals surface area contributed by atoms with Crippen molar-refractivity contribution in [3.63, 3.8) is 0 Å². The first-order chi connectivity index (χ1) is 10.3. The predicted octanol–water partition coefficient (Wildman–Crippen LogP) is 1.17. The van der Waals surface area contributed by atoms with E-state index in [2.05, 4.69) is 34.5 Å². The third-order valence-electron chi connectivity index (χ3n) is 3.44. The molecule has 1 fully saturated rings. The third-order valence-corrected chi connectivity index (χ3v) is 3.44. The van der Waals surface area contributed by atoms with E-state index in [1.807, 2.05) is 6.92 Å².